The molecule has 0 aliphatic rings. The van der Waals surface area contributed by atoms with Gasteiger partial charge in [-0.2, -0.15) is 18.3 Å². The van der Waals surface area contributed by atoms with Crippen molar-refractivity contribution < 1.29 is 17.9 Å². The molecule has 0 saturated carbocycles. The predicted molar refractivity (Wildman–Crippen MR) is 120 cm³/mol. The van der Waals surface area contributed by atoms with Gasteiger partial charge in [-0.25, -0.2) is 4.98 Å². The van der Waals surface area contributed by atoms with E-state index < -0.39 is 11.7 Å². The molecule has 2 heterocycles. The molecule has 0 saturated heterocycles. The zero-order valence-electron chi connectivity index (χ0n) is 17.7. The number of aliphatic imine (C=N–C) groups is 1. The highest BCUT2D eigenvalue weighted by Crippen LogP contribution is 2.29. The maximum absolute atomic E-state index is 12.5. The van der Waals surface area contributed by atoms with Crippen molar-refractivity contribution in [2.75, 3.05) is 20.2 Å². The van der Waals surface area contributed by atoms with E-state index in [1.807, 2.05) is 25.6 Å². The Hall–Kier alpha value is -2.05. The normalized spacial score (nSPS) is 12.9. The molecule has 1 unspecified atom stereocenters. The molecule has 0 aromatic carbocycles. The molecule has 0 spiro atoms. The van der Waals surface area contributed by atoms with Crippen molar-refractivity contribution in [3.05, 3.63) is 40.8 Å². The van der Waals surface area contributed by atoms with Crippen LogP contribution in [0.2, 0.25) is 0 Å². The third-order valence-electron chi connectivity index (χ3n) is 4.48. The van der Waals surface area contributed by atoms with Crippen LogP contribution >= 0.6 is 24.0 Å². The van der Waals surface area contributed by atoms with E-state index >= 15 is 0 Å². The second-order valence-electron chi connectivity index (χ2n) is 6.75. The first-order chi connectivity index (χ1) is 13.6. The van der Waals surface area contributed by atoms with E-state index in [0.717, 1.165) is 30.1 Å². The smallest absolute Gasteiger partial charge is 0.417 e. The van der Waals surface area contributed by atoms with Crippen LogP contribution in [0.25, 0.3) is 0 Å². The molecule has 30 heavy (non-hydrogen) atoms. The summed E-state index contributed by atoms with van der Waals surface area (Å²) >= 11 is 0. The Morgan fingerprint density at radius 1 is 1.30 bits per heavy atom. The molecule has 0 fully saturated rings. The molecule has 168 valence electrons. The average molecular weight is 540 g/mol. The number of rotatable bonds is 7. The summed E-state index contributed by atoms with van der Waals surface area (Å²) in [6.45, 7) is 6.74. The first-order valence-electron chi connectivity index (χ1n) is 9.24. The average Bonchev–Trinajstić information content (AvgIpc) is 2.90. The molecular formula is C19H28F3IN6O. The van der Waals surface area contributed by atoms with E-state index in [1.54, 1.807) is 7.05 Å². The van der Waals surface area contributed by atoms with E-state index in [4.69, 9.17) is 4.74 Å². The van der Waals surface area contributed by atoms with Crippen LogP contribution < -0.4 is 15.4 Å². The van der Waals surface area contributed by atoms with E-state index in [0.29, 0.717) is 12.5 Å². The van der Waals surface area contributed by atoms with Gasteiger partial charge in [0.25, 0.3) is 0 Å². The van der Waals surface area contributed by atoms with Crippen LogP contribution in [0.15, 0.2) is 23.3 Å². The molecule has 0 aliphatic carbocycles. The lowest BCUT2D eigenvalue weighted by Gasteiger charge is -2.18. The molecule has 1 atom stereocenters. The molecule has 2 aromatic heterocycles. The van der Waals surface area contributed by atoms with Gasteiger partial charge in [-0.15, -0.1) is 24.0 Å². The van der Waals surface area contributed by atoms with Crippen LogP contribution in [0.4, 0.5) is 13.2 Å². The van der Waals surface area contributed by atoms with Gasteiger partial charge in [0.1, 0.15) is 6.61 Å². The van der Waals surface area contributed by atoms with E-state index in [-0.39, 0.29) is 42.5 Å². The molecular weight excluding hydrogens is 512 g/mol. The minimum absolute atomic E-state index is 0. The highest BCUT2D eigenvalue weighted by Gasteiger charge is 2.30. The summed E-state index contributed by atoms with van der Waals surface area (Å²) in [6.07, 6.45) is -2.85. The Morgan fingerprint density at radius 3 is 2.50 bits per heavy atom. The van der Waals surface area contributed by atoms with Crippen LogP contribution in [-0.2, 0) is 19.6 Å². The summed E-state index contributed by atoms with van der Waals surface area (Å²) in [4.78, 5) is 7.85. The van der Waals surface area contributed by atoms with Gasteiger partial charge in [-0.1, -0.05) is 0 Å². The molecule has 0 bridgehead atoms. The number of guanidine groups is 1. The summed E-state index contributed by atoms with van der Waals surface area (Å²) in [5.74, 6) is 0.749. The number of aryl methyl sites for hydroxylation is 2. The monoisotopic (exact) mass is 540 g/mol. The Labute approximate surface area is 191 Å². The lowest BCUT2D eigenvalue weighted by atomic mass is 10.1. The van der Waals surface area contributed by atoms with Gasteiger partial charge < -0.3 is 15.4 Å². The minimum Gasteiger partial charge on any atom is -0.476 e. The standard InChI is InChI=1S/C19H27F3N6O.HI/c1-12(10-16-13(2)27-28(5)14(16)3)26-18(23-4)24-8-9-29-17-7-6-15(11-25-17)19(20,21)22;/h6-7,11-12H,8-10H2,1-5H3,(H2,23,24,26);1H. The summed E-state index contributed by atoms with van der Waals surface area (Å²) in [7, 11) is 3.59. The SMILES string of the molecule is CN=C(NCCOc1ccc(C(F)(F)F)cn1)NC(C)Cc1c(C)nn(C)c1C.I. The third-order valence-corrected chi connectivity index (χ3v) is 4.48. The Bertz CT molecular complexity index is 836. The van der Waals surface area contributed by atoms with E-state index in [9.17, 15) is 13.2 Å². The molecule has 0 amide bonds. The van der Waals surface area contributed by atoms with Gasteiger partial charge in [0.15, 0.2) is 5.96 Å². The first-order valence-corrected chi connectivity index (χ1v) is 9.24. The summed E-state index contributed by atoms with van der Waals surface area (Å²) in [6, 6.07) is 2.27. The van der Waals surface area contributed by atoms with Crippen molar-refractivity contribution in [3.63, 3.8) is 0 Å². The summed E-state index contributed by atoms with van der Waals surface area (Å²) < 4.78 is 44.8. The Morgan fingerprint density at radius 2 is 2.00 bits per heavy atom. The number of nitrogens with zero attached hydrogens (tertiary/aromatic N) is 4. The maximum Gasteiger partial charge on any atom is 0.417 e. The molecule has 11 heteroatoms. The molecule has 0 aliphatic heterocycles. The quantitative estimate of drug-likeness (QED) is 0.244. The number of hydrogen-bond acceptors (Lipinski definition) is 4. The number of alkyl halides is 3. The van der Waals surface area contributed by atoms with Gasteiger partial charge in [-0.05, 0) is 38.8 Å². The van der Waals surface area contributed by atoms with E-state index in [1.165, 1.54) is 11.6 Å². The van der Waals surface area contributed by atoms with Crippen LogP contribution in [0.3, 0.4) is 0 Å². The van der Waals surface area contributed by atoms with Crippen LogP contribution in [0.1, 0.15) is 29.4 Å². The van der Waals surface area contributed by atoms with Gasteiger partial charge >= 0.3 is 6.18 Å². The topological polar surface area (TPSA) is 76.4 Å². The summed E-state index contributed by atoms with van der Waals surface area (Å²) in [5, 5.41) is 10.8. The van der Waals surface area contributed by atoms with Crippen molar-refractivity contribution in [3.8, 4) is 5.88 Å². The van der Waals surface area contributed by atoms with Crippen molar-refractivity contribution in [1.82, 2.24) is 25.4 Å². The maximum atomic E-state index is 12.5. The van der Waals surface area contributed by atoms with Gasteiger partial charge in [0, 0.05) is 38.1 Å². The fourth-order valence-electron chi connectivity index (χ4n) is 2.86. The highest BCUT2D eigenvalue weighted by molar-refractivity contribution is 14.0. The largest absolute Gasteiger partial charge is 0.476 e. The first kappa shape index (κ1) is 26.0. The minimum atomic E-state index is -4.41. The number of aromatic nitrogens is 3. The van der Waals surface area contributed by atoms with Crippen molar-refractivity contribution in [2.24, 2.45) is 12.0 Å². The predicted octanol–water partition coefficient (Wildman–Crippen LogP) is 3.24. The molecule has 2 aromatic rings. The molecule has 0 radical (unpaired) electrons. The van der Waals surface area contributed by atoms with Gasteiger partial charge in [0.05, 0.1) is 17.8 Å². The van der Waals surface area contributed by atoms with Crippen LogP contribution in [-0.4, -0.2) is 47.0 Å². The zero-order valence-corrected chi connectivity index (χ0v) is 20.0. The Balaban J connectivity index is 0.00000450. The lowest BCUT2D eigenvalue weighted by molar-refractivity contribution is -0.137. The fourth-order valence-corrected chi connectivity index (χ4v) is 2.86. The van der Waals surface area contributed by atoms with Crippen molar-refractivity contribution in [1.29, 1.82) is 0 Å². The van der Waals surface area contributed by atoms with E-state index in [2.05, 4.69) is 32.6 Å². The number of ether oxygens (including phenoxy) is 1. The van der Waals surface area contributed by atoms with Crippen LogP contribution in [0.5, 0.6) is 5.88 Å². The number of halogens is 4. The summed E-state index contributed by atoms with van der Waals surface area (Å²) in [5.41, 5.74) is 2.55. The lowest BCUT2D eigenvalue weighted by Crippen LogP contribution is -2.44. The van der Waals surface area contributed by atoms with Crippen LogP contribution in [0, 0.1) is 13.8 Å². The second kappa shape index (κ2) is 11.4. The third kappa shape index (κ3) is 7.33. The molecule has 2 N–H and O–H groups in total. The second-order valence-corrected chi connectivity index (χ2v) is 6.75. The Kier molecular flexibility index (Phi) is 9.85. The highest BCUT2D eigenvalue weighted by atomic mass is 127. The molecule has 2 rings (SSSR count). The fraction of sp³-hybridized carbons (Fsp3) is 0.526. The number of pyridine rings is 1. The van der Waals surface area contributed by atoms with Crippen molar-refractivity contribution >= 4 is 29.9 Å². The number of hydrogen-bond donors (Lipinski definition) is 2. The zero-order chi connectivity index (χ0) is 21.6. The number of nitrogens with one attached hydrogen (secondary N) is 2. The van der Waals surface area contributed by atoms with Crippen molar-refractivity contribution in [2.45, 2.75) is 39.4 Å². The van der Waals surface area contributed by atoms with Gasteiger partial charge in [0.2, 0.25) is 5.88 Å². The van der Waals surface area contributed by atoms with Gasteiger partial charge in [-0.3, -0.25) is 9.67 Å². The molecule has 7 nitrogen and oxygen atoms in total.